The Labute approximate surface area is 698 Å². The fourth-order valence-electron chi connectivity index (χ4n) is 19.7. The number of aromatic nitrogens is 10. The highest BCUT2D eigenvalue weighted by molar-refractivity contribution is 6.29. The summed E-state index contributed by atoms with van der Waals surface area (Å²) >= 11 is 0. The van der Waals surface area contributed by atoms with Crippen LogP contribution in [-0.2, 0) is 0 Å². The molecule has 566 valence electrons. The number of benzene rings is 18. The molecule has 0 N–H and O–H groups in total. The van der Waals surface area contributed by atoms with E-state index in [-0.39, 0.29) is 0 Å². The quantitative estimate of drug-likeness (QED) is 0.143. The maximum absolute atomic E-state index is 5.36. The zero-order chi connectivity index (χ0) is 80.0. The summed E-state index contributed by atoms with van der Waals surface area (Å²) < 4.78 is 9.23. The molecular formula is C112H68N10. The maximum Gasteiger partial charge on any atom is 0.235 e. The topological polar surface area (TPSA) is 97.1 Å². The van der Waals surface area contributed by atoms with Crippen LogP contribution in [-0.4, -0.2) is 48.2 Å². The Morgan fingerprint density at radius 1 is 0.180 bits per heavy atom. The molecule has 0 unspecified atom stereocenters. The summed E-state index contributed by atoms with van der Waals surface area (Å²) in [6.07, 6.45) is 3.64. The van der Waals surface area contributed by atoms with Crippen molar-refractivity contribution in [2.75, 3.05) is 0 Å². The molecule has 0 aliphatic rings. The largest absolute Gasteiger partial charge is 0.309 e. The third-order valence-corrected chi connectivity index (χ3v) is 25.0. The van der Waals surface area contributed by atoms with Gasteiger partial charge < -0.3 is 9.13 Å². The van der Waals surface area contributed by atoms with Crippen LogP contribution < -0.4 is 0 Å². The van der Waals surface area contributed by atoms with Crippen molar-refractivity contribution in [2.24, 2.45) is 0 Å². The number of rotatable bonds is 9. The first kappa shape index (κ1) is 68.6. The van der Waals surface area contributed by atoms with Crippen LogP contribution in [0.2, 0.25) is 0 Å². The van der Waals surface area contributed by atoms with E-state index in [0.29, 0.717) is 11.9 Å². The molecule has 0 spiro atoms. The SMILES string of the molecule is c1ccc(-c2ccc(-c3nc(-n4c5ccccc5c5c6cccc(-c7cccc8c7ccc7c8c8ccccc8n7-c7ccccc7)c6ccc54)nc4cccnc34)cc2)cc1.c1ccc(-n2c3ccccc3c3c4cccc(-c5cccc6c5ccc5c6c6ccccc6n5-c5nc(-c6ccc7ccccc7c6)c6ncccc6n5)c4ccc32)cc1. The second kappa shape index (κ2) is 27.5. The Kier molecular flexibility index (Phi) is 15.5. The Morgan fingerprint density at radius 3 is 0.918 bits per heavy atom. The summed E-state index contributed by atoms with van der Waals surface area (Å²) in [5, 5.41) is 21.8. The molecule has 8 heterocycles. The van der Waals surface area contributed by atoms with Crippen LogP contribution in [0, 0.1) is 0 Å². The molecule has 0 radical (unpaired) electrons. The van der Waals surface area contributed by atoms with E-state index in [2.05, 4.69) is 388 Å². The van der Waals surface area contributed by atoms with Gasteiger partial charge in [0.2, 0.25) is 11.9 Å². The summed E-state index contributed by atoms with van der Waals surface area (Å²) in [6.45, 7) is 0. The van der Waals surface area contributed by atoms with Gasteiger partial charge in [-0.25, -0.2) is 19.9 Å². The molecule has 8 aromatic heterocycles. The molecule has 0 bridgehead atoms. The lowest BCUT2D eigenvalue weighted by Crippen LogP contribution is -2.04. The first-order chi connectivity index (χ1) is 60.6. The molecule has 122 heavy (non-hydrogen) atoms. The van der Waals surface area contributed by atoms with Crippen molar-refractivity contribution in [3.63, 3.8) is 0 Å². The van der Waals surface area contributed by atoms with E-state index in [9.17, 15) is 0 Å². The van der Waals surface area contributed by atoms with E-state index in [1.165, 1.54) is 131 Å². The molecule has 0 aliphatic heterocycles. The minimum absolute atomic E-state index is 0.613. The summed E-state index contributed by atoms with van der Waals surface area (Å²) in [7, 11) is 0. The Bertz CT molecular complexity index is 8830. The first-order valence-corrected chi connectivity index (χ1v) is 41.4. The third kappa shape index (κ3) is 10.6. The predicted octanol–water partition coefficient (Wildman–Crippen LogP) is 28.5. The average molecular weight is 1550 g/mol. The van der Waals surface area contributed by atoms with Gasteiger partial charge in [-0.05, 0) is 190 Å². The smallest absolute Gasteiger partial charge is 0.235 e. The fraction of sp³-hybridized carbons (Fsp3) is 0. The van der Waals surface area contributed by atoms with Crippen LogP contribution >= 0.6 is 0 Å². The van der Waals surface area contributed by atoms with Crippen LogP contribution in [0.1, 0.15) is 0 Å². The van der Waals surface area contributed by atoms with Crippen molar-refractivity contribution in [1.29, 1.82) is 0 Å². The second-order valence-corrected chi connectivity index (χ2v) is 31.5. The number of fused-ring (bicyclic) bond motifs is 23. The Morgan fingerprint density at radius 2 is 0.500 bits per heavy atom. The lowest BCUT2D eigenvalue weighted by atomic mass is 9.91. The van der Waals surface area contributed by atoms with Gasteiger partial charge >= 0.3 is 0 Å². The van der Waals surface area contributed by atoms with E-state index < -0.39 is 0 Å². The first-order valence-electron chi connectivity index (χ1n) is 41.4. The molecule has 10 heteroatoms. The van der Waals surface area contributed by atoms with Gasteiger partial charge in [0.25, 0.3) is 0 Å². The molecule has 18 aromatic carbocycles. The summed E-state index contributed by atoms with van der Waals surface area (Å²) in [4.78, 5) is 30.7. The van der Waals surface area contributed by atoms with Gasteiger partial charge in [0.15, 0.2) is 0 Å². The van der Waals surface area contributed by atoms with E-state index in [4.69, 9.17) is 29.9 Å². The molecule has 0 saturated heterocycles. The maximum atomic E-state index is 5.36. The predicted molar refractivity (Wildman–Crippen MR) is 507 cm³/mol. The van der Waals surface area contributed by atoms with Crippen molar-refractivity contribution in [3.8, 4) is 79.2 Å². The van der Waals surface area contributed by atoms with Crippen LogP contribution in [0.15, 0.2) is 413 Å². The molecule has 0 fully saturated rings. The van der Waals surface area contributed by atoms with Crippen LogP contribution in [0.25, 0.3) is 242 Å². The highest BCUT2D eigenvalue weighted by atomic mass is 15.2. The molecular weight excluding hydrogens is 1490 g/mol. The van der Waals surface area contributed by atoms with Gasteiger partial charge in [-0.3, -0.25) is 19.1 Å². The third-order valence-electron chi connectivity index (χ3n) is 25.0. The van der Waals surface area contributed by atoms with Crippen molar-refractivity contribution in [3.05, 3.63) is 413 Å². The lowest BCUT2D eigenvalue weighted by Gasteiger charge is -2.13. The number of para-hydroxylation sites is 6. The van der Waals surface area contributed by atoms with Crippen molar-refractivity contribution < 1.29 is 0 Å². The van der Waals surface area contributed by atoms with Crippen LogP contribution in [0.3, 0.4) is 0 Å². The van der Waals surface area contributed by atoms with Crippen LogP contribution in [0.5, 0.6) is 0 Å². The van der Waals surface area contributed by atoms with Gasteiger partial charge in [0.05, 0.1) is 55.2 Å². The molecule has 0 saturated carbocycles. The van der Waals surface area contributed by atoms with Crippen molar-refractivity contribution in [1.82, 2.24) is 48.2 Å². The van der Waals surface area contributed by atoms with Gasteiger partial charge in [-0.15, -0.1) is 0 Å². The molecule has 10 nitrogen and oxygen atoms in total. The summed E-state index contributed by atoms with van der Waals surface area (Å²) in [5.41, 5.74) is 25.3. The van der Waals surface area contributed by atoms with E-state index in [1.807, 2.05) is 42.7 Å². The highest BCUT2D eigenvalue weighted by Gasteiger charge is 2.26. The van der Waals surface area contributed by atoms with Crippen molar-refractivity contribution >= 4 is 163 Å². The molecule has 0 amide bonds. The van der Waals surface area contributed by atoms with Gasteiger partial charge in [-0.1, -0.05) is 297 Å². The Balaban J connectivity index is 0.000000134. The normalized spacial score (nSPS) is 11.9. The number of hydrogen-bond donors (Lipinski definition) is 0. The average Bonchev–Trinajstić information content (AvgIpc) is 1.61. The summed E-state index contributed by atoms with van der Waals surface area (Å²) in [5.74, 6) is 1.23. The number of nitrogens with zero attached hydrogens (tertiary/aromatic N) is 10. The minimum atomic E-state index is 0.613. The van der Waals surface area contributed by atoms with E-state index in [1.54, 1.807) is 0 Å². The van der Waals surface area contributed by atoms with Gasteiger partial charge in [-0.2, -0.15) is 0 Å². The fourth-order valence-corrected chi connectivity index (χ4v) is 19.7. The van der Waals surface area contributed by atoms with Gasteiger partial charge in [0.1, 0.15) is 22.4 Å². The van der Waals surface area contributed by atoms with E-state index in [0.717, 1.165) is 99.7 Å². The minimum Gasteiger partial charge on any atom is -0.309 e. The standard InChI is InChI=1S/C57H35N5.C55H33N5/c1-3-14-36(15-4-1)37-27-29-38(30-28-37)55-56-48(24-13-35-58-56)59-57(60-55)62-50-26-10-8-19-47(50)54-45-23-12-21-41(43(45)32-34-52(54)62)40-20-11-22-44-42(40)31-33-51-53(44)46-18-7-9-25-49(46)61(51)39-16-5-2-6-17-39;1-2-15-37(16-3-1)59-47-24-8-6-17-44(47)51-42-21-10-19-38(40(42)28-30-49(51)59)39-20-11-22-43-41(39)29-31-50-52(43)45-18-7-9-25-48(45)60(50)55-57-46-23-12-32-56-54(46)53(58-55)36-27-26-34-13-4-5-14-35(34)33-36/h1-35H;1-33H. The van der Waals surface area contributed by atoms with Crippen molar-refractivity contribution in [2.45, 2.75) is 0 Å². The number of hydrogen-bond acceptors (Lipinski definition) is 6. The highest BCUT2D eigenvalue weighted by Crippen LogP contribution is 2.48. The Hall–Kier alpha value is -16.6. The molecule has 26 rings (SSSR count). The summed E-state index contributed by atoms with van der Waals surface area (Å²) in [6, 6.07) is 143. The molecule has 0 aliphatic carbocycles. The van der Waals surface area contributed by atoms with Gasteiger partial charge in [0, 0.05) is 78.0 Å². The zero-order valence-corrected chi connectivity index (χ0v) is 65.7. The molecule has 0 atom stereocenters. The monoisotopic (exact) mass is 1550 g/mol. The lowest BCUT2D eigenvalue weighted by molar-refractivity contribution is 1.01. The number of pyridine rings is 2. The zero-order valence-electron chi connectivity index (χ0n) is 65.7. The molecule has 26 aromatic rings. The van der Waals surface area contributed by atoms with Crippen LogP contribution in [0.4, 0.5) is 0 Å². The van der Waals surface area contributed by atoms with E-state index >= 15 is 0 Å². The second-order valence-electron chi connectivity index (χ2n) is 31.5.